The molecule has 2 heteroatoms. The summed E-state index contributed by atoms with van der Waals surface area (Å²) in [5, 5.41) is 0. The van der Waals surface area contributed by atoms with E-state index in [0.29, 0.717) is 0 Å². The van der Waals surface area contributed by atoms with Gasteiger partial charge in [-0.15, -0.1) is 0 Å². The van der Waals surface area contributed by atoms with Gasteiger partial charge < -0.3 is 0 Å². The molecule has 0 amide bonds. The first-order chi connectivity index (χ1) is 4.24. The maximum atomic E-state index is 5.60. The Balaban J connectivity index is 3.82. The van der Waals surface area contributed by atoms with Crippen LogP contribution in [0.2, 0.25) is 13.3 Å². The van der Waals surface area contributed by atoms with Gasteiger partial charge in [0.1, 0.15) is 0 Å². The third kappa shape index (κ3) is 2.46. The second-order valence-corrected chi connectivity index (χ2v) is 16.4. The minimum atomic E-state index is -1.89. The molecule has 56 valence electrons. The molecule has 0 rings (SSSR count). The molecule has 0 aliphatic rings. The number of rotatable bonds is 4. The minimum absolute atomic E-state index is 1.33. The average molecular weight is 237 g/mol. The Morgan fingerprint density at radius 3 is 1.33 bits per heavy atom. The Kier molecular flexibility index (Phi) is 4.94. The second-order valence-electron chi connectivity index (χ2n) is 2.45. The van der Waals surface area contributed by atoms with Crippen LogP contribution in [0.5, 0.6) is 0 Å². The van der Waals surface area contributed by atoms with Crippen LogP contribution in [-0.2, 0) is 3.07 Å². The van der Waals surface area contributed by atoms with Crippen molar-refractivity contribution in [1.29, 1.82) is 0 Å². The first-order valence-corrected chi connectivity index (χ1v) is 11.0. The molecule has 0 atom stereocenters. The van der Waals surface area contributed by atoms with E-state index in [1.165, 1.54) is 13.3 Å². The number of hydrogen-bond donors (Lipinski definition) is 0. The average Bonchev–Trinajstić information content (AvgIpc) is 1.95. The SMILES string of the molecule is C[CH2][Sn]([CH2]C)([CH2]C)[O]C. The van der Waals surface area contributed by atoms with Crippen molar-refractivity contribution in [2.75, 3.05) is 7.11 Å². The summed E-state index contributed by atoms with van der Waals surface area (Å²) in [6, 6.07) is 0. The van der Waals surface area contributed by atoms with Crippen LogP contribution in [0.4, 0.5) is 0 Å². The van der Waals surface area contributed by atoms with Crippen LogP contribution < -0.4 is 0 Å². The Bertz CT molecular complexity index is 51.8. The predicted molar refractivity (Wildman–Crippen MR) is 44.2 cm³/mol. The molecule has 0 spiro atoms. The van der Waals surface area contributed by atoms with Crippen LogP contribution in [-0.4, -0.2) is 25.9 Å². The van der Waals surface area contributed by atoms with E-state index in [9.17, 15) is 0 Å². The quantitative estimate of drug-likeness (QED) is 0.683. The van der Waals surface area contributed by atoms with Crippen molar-refractivity contribution in [2.45, 2.75) is 34.1 Å². The van der Waals surface area contributed by atoms with Crippen molar-refractivity contribution in [1.82, 2.24) is 0 Å². The molecule has 0 aromatic rings. The molecule has 0 aromatic carbocycles. The van der Waals surface area contributed by atoms with Gasteiger partial charge in [-0.25, -0.2) is 0 Å². The van der Waals surface area contributed by atoms with Crippen molar-refractivity contribution in [3.8, 4) is 0 Å². The Morgan fingerprint density at radius 2 is 1.33 bits per heavy atom. The maximum absolute atomic E-state index is 5.60. The number of hydrogen-bond acceptors (Lipinski definition) is 1. The van der Waals surface area contributed by atoms with Gasteiger partial charge in [0.25, 0.3) is 0 Å². The van der Waals surface area contributed by atoms with E-state index in [2.05, 4.69) is 20.8 Å². The summed E-state index contributed by atoms with van der Waals surface area (Å²) in [5.74, 6) is 0. The normalized spacial score (nSPS) is 12.0. The van der Waals surface area contributed by atoms with E-state index in [0.717, 1.165) is 0 Å². The van der Waals surface area contributed by atoms with Crippen LogP contribution in [0.3, 0.4) is 0 Å². The molecule has 0 aromatic heterocycles. The standard InChI is InChI=1S/3C2H5.CH3O.Sn/c4*1-2;/h3*1H2,2H3;1H3;/q;;;-1;+1. The van der Waals surface area contributed by atoms with Crippen LogP contribution in [0, 0.1) is 0 Å². The zero-order valence-corrected chi connectivity index (χ0v) is 9.88. The summed E-state index contributed by atoms with van der Waals surface area (Å²) in [7, 11) is 1.90. The van der Waals surface area contributed by atoms with Gasteiger partial charge in [-0.3, -0.25) is 0 Å². The van der Waals surface area contributed by atoms with Crippen molar-refractivity contribution in [2.24, 2.45) is 0 Å². The van der Waals surface area contributed by atoms with E-state index in [-0.39, 0.29) is 0 Å². The molecule has 0 unspecified atom stereocenters. The summed E-state index contributed by atoms with van der Waals surface area (Å²) < 4.78 is 9.59. The van der Waals surface area contributed by atoms with Gasteiger partial charge in [0.05, 0.1) is 0 Å². The fourth-order valence-corrected chi connectivity index (χ4v) is 7.94. The molecule has 0 heterocycles. The fraction of sp³-hybridized carbons (Fsp3) is 1.00. The van der Waals surface area contributed by atoms with E-state index in [4.69, 9.17) is 3.07 Å². The third-order valence-corrected chi connectivity index (χ3v) is 15.9. The molecule has 0 aliphatic carbocycles. The summed E-state index contributed by atoms with van der Waals surface area (Å²) >= 11 is -1.89. The van der Waals surface area contributed by atoms with E-state index in [1.807, 2.05) is 7.11 Å². The van der Waals surface area contributed by atoms with E-state index in [1.54, 1.807) is 0 Å². The fourth-order valence-electron chi connectivity index (χ4n) is 1.18. The van der Waals surface area contributed by atoms with Crippen molar-refractivity contribution < 1.29 is 3.07 Å². The third-order valence-electron chi connectivity index (χ3n) is 2.37. The summed E-state index contributed by atoms with van der Waals surface area (Å²) in [5.41, 5.74) is 0. The molecule has 0 N–H and O–H groups in total. The first kappa shape index (κ1) is 9.76. The van der Waals surface area contributed by atoms with Crippen molar-refractivity contribution in [3.63, 3.8) is 0 Å². The molecule has 0 saturated heterocycles. The van der Waals surface area contributed by atoms with Gasteiger partial charge in [-0.2, -0.15) is 0 Å². The van der Waals surface area contributed by atoms with Gasteiger partial charge in [-0.05, 0) is 0 Å². The summed E-state index contributed by atoms with van der Waals surface area (Å²) in [6.07, 6.45) is 0. The molecular weight excluding hydrogens is 219 g/mol. The molecule has 0 fully saturated rings. The molecule has 0 radical (unpaired) electrons. The van der Waals surface area contributed by atoms with Crippen LogP contribution in [0.1, 0.15) is 20.8 Å². The summed E-state index contributed by atoms with van der Waals surface area (Å²) in [6.45, 7) is 6.81. The van der Waals surface area contributed by atoms with Crippen LogP contribution >= 0.6 is 0 Å². The van der Waals surface area contributed by atoms with E-state index >= 15 is 0 Å². The zero-order valence-electron chi connectivity index (χ0n) is 7.03. The van der Waals surface area contributed by atoms with Crippen LogP contribution in [0.25, 0.3) is 0 Å². The van der Waals surface area contributed by atoms with E-state index < -0.39 is 18.8 Å². The van der Waals surface area contributed by atoms with Gasteiger partial charge in [0.15, 0.2) is 0 Å². The molecule has 0 saturated carbocycles. The summed E-state index contributed by atoms with van der Waals surface area (Å²) in [4.78, 5) is 0. The zero-order chi connectivity index (χ0) is 7.33. The van der Waals surface area contributed by atoms with Crippen molar-refractivity contribution >= 4 is 18.8 Å². The monoisotopic (exact) mass is 238 g/mol. The molecular formula is C7H18OSn. The molecule has 1 nitrogen and oxygen atoms in total. The van der Waals surface area contributed by atoms with Gasteiger partial charge in [0, 0.05) is 0 Å². The van der Waals surface area contributed by atoms with Gasteiger partial charge in [0.2, 0.25) is 0 Å². The topological polar surface area (TPSA) is 9.23 Å². The van der Waals surface area contributed by atoms with Gasteiger partial charge in [-0.1, -0.05) is 0 Å². The molecule has 9 heavy (non-hydrogen) atoms. The Morgan fingerprint density at radius 1 is 1.00 bits per heavy atom. The van der Waals surface area contributed by atoms with Crippen LogP contribution in [0.15, 0.2) is 0 Å². The first-order valence-electron chi connectivity index (χ1n) is 3.79. The Hall–Kier alpha value is 0.759. The van der Waals surface area contributed by atoms with Crippen molar-refractivity contribution in [3.05, 3.63) is 0 Å². The second kappa shape index (κ2) is 4.56. The Labute approximate surface area is 63.2 Å². The predicted octanol–water partition coefficient (Wildman–Crippen LogP) is 2.64. The molecule has 0 aliphatic heterocycles. The van der Waals surface area contributed by atoms with Gasteiger partial charge >= 0.3 is 63.1 Å². The molecule has 0 bridgehead atoms.